The molecular weight excluding hydrogens is 749 g/mol. The molecule has 0 amide bonds. The molecule has 1 aliphatic heterocycles. The van der Waals surface area contributed by atoms with Gasteiger partial charge in [-0.25, -0.2) is 18.0 Å². The fraction of sp³-hybridized carbons (Fsp3) is 0.500. The van der Waals surface area contributed by atoms with E-state index in [-0.39, 0.29) is 36.4 Å². The Morgan fingerprint density at radius 2 is 1.29 bits per heavy atom. The highest BCUT2D eigenvalue weighted by Gasteiger charge is 2.56. The molecule has 0 saturated carbocycles. The van der Waals surface area contributed by atoms with Gasteiger partial charge in [0.15, 0.2) is 14.6 Å². The van der Waals surface area contributed by atoms with Crippen molar-refractivity contribution in [1.29, 1.82) is 0 Å². The molecule has 1 fully saturated rings. The molecule has 0 spiro atoms. The summed E-state index contributed by atoms with van der Waals surface area (Å²) in [6.07, 6.45) is -16.7. The third-order valence-corrected chi connectivity index (χ3v) is 9.60. The van der Waals surface area contributed by atoms with Gasteiger partial charge in [-0.15, -0.1) is 0 Å². The molecule has 0 aliphatic carbocycles. The van der Waals surface area contributed by atoms with Crippen LogP contribution in [-0.4, -0.2) is 114 Å². The number of methoxy groups -OCH3 is 1. The van der Waals surface area contributed by atoms with E-state index in [0.717, 1.165) is 0 Å². The standard InChI is InChI=1S/C24H27F5N2O5S.2C2HF3O2/c1-36-15-14-31-12-10-22(11-13-31,21(32)33)37(34,35)19-5-3-18(4-6-19)20-7-2-17(16-30-20)8-9-23(25,26)24(27,28)29;2*3-2(4,5)1(6)7/h2-7,16H,8-15H2,1H3,(H,32,33);2*(H,6,7). The molecule has 2 aromatic rings. The lowest BCUT2D eigenvalue weighted by molar-refractivity contribution is -0.284. The quantitative estimate of drug-likeness (QED) is 0.261. The molecule has 0 bridgehead atoms. The van der Waals surface area contributed by atoms with Crippen LogP contribution in [0.15, 0.2) is 47.5 Å². The molecule has 2 heterocycles. The number of rotatable bonds is 10. The number of hydrogen-bond donors (Lipinski definition) is 3. The zero-order valence-electron chi connectivity index (χ0n) is 25.9. The van der Waals surface area contributed by atoms with Crippen molar-refractivity contribution in [3.8, 4) is 11.3 Å². The van der Waals surface area contributed by atoms with Gasteiger partial charge in [0, 0.05) is 44.9 Å². The van der Waals surface area contributed by atoms with E-state index in [1.165, 1.54) is 42.6 Å². The first-order chi connectivity index (χ1) is 23.1. The number of ether oxygens (including phenoxy) is 1. The number of sulfone groups is 1. The normalized spacial score (nSPS) is 15.5. The molecule has 1 aliphatic rings. The monoisotopic (exact) mass is 778 g/mol. The minimum Gasteiger partial charge on any atom is -0.480 e. The molecule has 11 nitrogen and oxygen atoms in total. The lowest BCUT2D eigenvalue weighted by Gasteiger charge is -2.38. The van der Waals surface area contributed by atoms with Gasteiger partial charge in [-0.1, -0.05) is 18.2 Å². The van der Waals surface area contributed by atoms with Crippen LogP contribution in [0.5, 0.6) is 0 Å². The van der Waals surface area contributed by atoms with Crippen LogP contribution in [-0.2, 0) is 35.4 Å². The van der Waals surface area contributed by atoms with Crippen LogP contribution in [0, 0.1) is 0 Å². The van der Waals surface area contributed by atoms with Crippen molar-refractivity contribution in [3.05, 3.63) is 48.2 Å². The summed E-state index contributed by atoms with van der Waals surface area (Å²) < 4.78 is 157. The predicted molar refractivity (Wildman–Crippen MR) is 151 cm³/mol. The number of pyridine rings is 1. The highest BCUT2D eigenvalue weighted by molar-refractivity contribution is 7.93. The molecule has 3 N–H and O–H groups in total. The Morgan fingerprint density at radius 1 is 0.824 bits per heavy atom. The fourth-order valence-electron chi connectivity index (χ4n) is 4.17. The van der Waals surface area contributed by atoms with Crippen molar-refractivity contribution < 1.29 is 91.2 Å². The van der Waals surface area contributed by atoms with Gasteiger partial charge in [0.1, 0.15) is 0 Å². The van der Waals surface area contributed by atoms with Crippen LogP contribution in [0.4, 0.5) is 48.3 Å². The molecule has 0 radical (unpaired) electrons. The van der Waals surface area contributed by atoms with Gasteiger partial charge in [-0.3, -0.25) is 9.78 Å². The van der Waals surface area contributed by atoms with Gasteiger partial charge in [0.05, 0.1) is 17.2 Å². The van der Waals surface area contributed by atoms with Gasteiger partial charge < -0.3 is 25.0 Å². The van der Waals surface area contributed by atoms with E-state index in [9.17, 15) is 66.6 Å². The number of halogens is 11. The Bertz CT molecular complexity index is 1550. The summed E-state index contributed by atoms with van der Waals surface area (Å²) in [6.45, 7) is 1.59. The summed E-state index contributed by atoms with van der Waals surface area (Å²) in [5.74, 6) is -11.7. The summed E-state index contributed by atoms with van der Waals surface area (Å²) in [7, 11) is -2.70. The number of aromatic nitrogens is 1. The predicted octanol–water partition coefficient (Wildman–Crippen LogP) is 5.48. The molecular formula is C28H29F11N2O9S. The summed E-state index contributed by atoms with van der Waals surface area (Å²) >= 11 is 0. The Balaban J connectivity index is 0.000000780. The summed E-state index contributed by atoms with van der Waals surface area (Å²) in [6, 6.07) is 8.25. The van der Waals surface area contributed by atoms with Crippen LogP contribution < -0.4 is 0 Å². The van der Waals surface area contributed by atoms with Crippen molar-refractivity contribution in [2.75, 3.05) is 33.4 Å². The van der Waals surface area contributed by atoms with Crippen molar-refractivity contribution >= 4 is 27.7 Å². The number of likely N-dealkylation sites (tertiary alicyclic amines) is 1. The lowest BCUT2D eigenvalue weighted by Crippen LogP contribution is -2.54. The maximum Gasteiger partial charge on any atom is 0.490 e. The van der Waals surface area contributed by atoms with E-state index in [1.54, 1.807) is 7.11 Å². The highest BCUT2D eigenvalue weighted by atomic mass is 32.2. The number of carboxylic acid groups (broad SMARTS) is 3. The third-order valence-electron chi connectivity index (χ3n) is 7.09. The van der Waals surface area contributed by atoms with Crippen LogP contribution >= 0.6 is 0 Å². The largest absolute Gasteiger partial charge is 0.490 e. The Kier molecular flexibility index (Phi) is 15.3. The fourth-order valence-corrected chi connectivity index (χ4v) is 6.07. The van der Waals surface area contributed by atoms with Gasteiger partial charge in [0.2, 0.25) is 0 Å². The Hall–Kier alpha value is -4.12. The number of aryl methyl sites for hydroxylation is 1. The number of carboxylic acids is 3. The third kappa shape index (κ3) is 12.6. The second-order valence-corrected chi connectivity index (χ2v) is 12.8. The van der Waals surface area contributed by atoms with Crippen LogP contribution in [0.25, 0.3) is 11.3 Å². The first kappa shape index (κ1) is 44.9. The first-order valence-electron chi connectivity index (χ1n) is 13.9. The lowest BCUT2D eigenvalue weighted by atomic mass is 9.96. The molecule has 0 unspecified atom stereocenters. The topological polar surface area (TPSA) is 171 Å². The van der Waals surface area contributed by atoms with E-state index >= 15 is 0 Å². The van der Waals surface area contributed by atoms with E-state index in [2.05, 4.69) is 4.98 Å². The molecule has 1 aromatic carbocycles. The zero-order valence-corrected chi connectivity index (χ0v) is 26.8. The van der Waals surface area contributed by atoms with E-state index < -0.39 is 69.8 Å². The second-order valence-electron chi connectivity index (χ2n) is 10.5. The van der Waals surface area contributed by atoms with E-state index in [1.807, 2.05) is 4.90 Å². The average molecular weight is 779 g/mol. The molecule has 288 valence electrons. The second kappa shape index (κ2) is 17.4. The van der Waals surface area contributed by atoms with Gasteiger partial charge in [-0.05, 0) is 43.0 Å². The molecule has 0 atom stereocenters. The van der Waals surface area contributed by atoms with Crippen molar-refractivity contribution in [1.82, 2.24) is 9.88 Å². The van der Waals surface area contributed by atoms with Gasteiger partial charge in [0.25, 0.3) is 0 Å². The molecule has 1 aromatic heterocycles. The average Bonchev–Trinajstić information content (AvgIpc) is 3.02. The number of alkyl halides is 11. The summed E-state index contributed by atoms with van der Waals surface area (Å²) in [5.41, 5.74) is 0.992. The molecule has 3 rings (SSSR count). The number of benzene rings is 1. The van der Waals surface area contributed by atoms with Crippen molar-refractivity contribution in [2.24, 2.45) is 0 Å². The molecule has 23 heteroatoms. The van der Waals surface area contributed by atoms with Gasteiger partial charge >= 0.3 is 42.4 Å². The number of hydrogen-bond acceptors (Lipinski definition) is 8. The van der Waals surface area contributed by atoms with Gasteiger partial charge in [-0.2, -0.15) is 48.3 Å². The van der Waals surface area contributed by atoms with Crippen LogP contribution in [0.3, 0.4) is 0 Å². The van der Waals surface area contributed by atoms with Crippen LogP contribution in [0.1, 0.15) is 24.8 Å². The maximum atomic E-state index is 13.4. The SMILES string of the molecule is COCCN1CCC(C(=O)O)(S(=O)(=O)c2ccc(-c3ccc(CCC(F)(F)C(F)(F)F)cn3)cc2)CC1.O=C(O)C(F)(F)F.O=C(O)C(F)(F)F. The van der Waals surface area contributed by atoms with Crippen LogP contribution in [0.2, 0.25) is 0 Å². The smallest absolute Gasteiger partial charge is 0.480 e. The number of carbonyl (C=O) groups is 3. The summed E-state index contributed by atoms with van der Waals surface area (Å²) in [4.78, 5) is 35.8. The number of piperidine rings is 1. The van der Waals surface area contributed by atoms with E-state index in [0.29, 0.717) is 24.4 Å². The highest BCUT2D eigenvalue weighted by Crippen LogP contribution is 2.39. The zero-order chi connectivity index (χ0) is 39.6. The number of nitrogens with zero attached hydrogens (tertiary/aromatic N) is 2. The van der Waals surface area contributed by atoms with E-state index in [4.69, 9.17) is 24.5 Å². The number of aliphatic carboxylic acids is 3. The Labute approximate surface area is 281 Å². The minimum absolute atomic E-state index is 0.0769. The minimum atomic E-state index is -5.62. The molecule has 1 saturated heterocycles. The van der Waals surface area contributed by atoms with Crippen molar-refractivity contribution in [2.45, 2.75) is 59.8 Å². The molecule has 51 heavy (non-hydrogen) atoms. The summed E-state index contributed by atoms with van der Waals surface area (Å²) in [5, 5.41) is 24.2. The Morgan fingerprint density at radius 3 is 1.65 bits per heavy atom. The van der Waals surface area contributed by atoms with Crippen molar-refractivity contribution in [3.63, 3.8) is 0 Å². The first-order valence-corrected chi connectivity index (χ1v) is 15.4. The maximum absolute atomic E-state index is 13.4.